The molecule has 0 bridgehead atoms. The number of nitrogens with zero attached hydrogens (tertiary/aromatic N) is 1. The topological polar surface area (TPSA) is 88.9 Å². The summed E-state index contributed by atoms with van der Waals surface area (Å²) in [6, 6.07) is 2.61. The van der Waals surface area contributed by atoms with E-state index in [4.69, 9.17) is 9.15 Å². The summed E-state index contributed by atoms with van der Waals surface area (Å²) in [4.78, 5) is 11.5. The molecule has 1 aliphatic heterocycles. The molecule has 0 aromatic carbocycles. The number of hydrogen-bond donors (Lipinski definition) is 1. The van der Waals surface area contributed by atoms with Gasteiger partial charge in [-0.2, -0.15) is 4.31 Å². The Hall–Kier alpha value is -1.38. The second kappa shape index (κ2) is 6.38. The van der Waals surface area contributed by atoms with Crippen LogP contribution in [0.5, 0.6) is 0 Å². The Balaban J connectivity index is 2.19. The average molecular weight is 302 g/mol. The first-order valence-electron chi connectivity index (χ1n) is 6.53. The molecule has 2 rings (SSSR count). The van der Waals surface area contributed by atoms with Crippen molar-refractivity contribution in [2.75, 3.05) is 32.8 Å². The van der Waals surface area contributed by atoms with E-state index in [-0.39, 0.29) is 17.5 Å². The maximum absolute atomic E-state index is 12.4. The number of carbonyl (C=O) groups is 1. The Kier molecular flexibility index (Phi) is 4.79. The number of nitrogens with one attached hydrogen (secondary N) is 1. The highest BCUT2D eigenvalue weighted by Crippen LogP contribution is 2.20. The lowest BCUT2D eigenvalue weighted by Crippen LogP contribution is -2.34. The summed E-state index contributed by atoms with van der Waals surface area (Å²) >= 11 is 0. The largest absolute Gasteiger partial charge is 0.460 e. The van der Waals surface area contributed by atoms with Crippen LogP contribution in [0.2, 0.25) is 0 Å². The van der Waals surface area contributed by atoms with Gasteiger partial charge in [-0.15, -0.1) is 0 Å². The molecular weight excluding hydrogens is 284 g/mol. The fraction of sp³-hybridized carbons (Fsp3) is 0.583. The van der Waals surface area contributed by atoms with Crippen LogP contribution in [0.4, 0.5) is 0 Å². The van der Waals surface area contributed by atoms with Crippen LogP contribution in [-0.4, -0.2) is 51.5 Å². The van der Waals surface area contributed by atoms with E-state index in [0.29, 0.717) is 19.6 Å². The second-order valence-electron chi connectivity index (χ2n) is 4.35. The van der Waals surface area contributed by atoms with Gasteiger partial charge in [-0.25, -0.2) is 13.2 Å². The van der Waals surface area contributed by atoms with Crippen molar-refractivity contribution in [1.82, 2.24) is 9.62 Å². The van der Waals surface area contributed by atoms with Gasteiger partial charge >= 0.3 is 5.97 Å². The average Bonchev–Trinajstić information content (AvgIpc) is 2.75. The molecule has 0 radical (unpaired) electrons. The van der Waals surface area contributed by atoms with E-state index in [1.54, 1.807) is 6.92 Å². The fourth-order valence-electron chi connectivity index (χ4n) is 1.96. The number of rotatable bonds is 4. The Morgan fingerprint density at radius 3 is 2.95 bits per heavy atom. The zero-order valence-electron chi connectivity index (χ0n) is 11.3. The summed E-state index contributed by atoms with van der Waals surface area (Å²) in [5.41, 5.74) is 0. The molecule has 112 valence electrons. The Morgan fingerprint density at radius 1 is 1.40 bits per heavy atom. The standard InChI is InChI=1S/C12H18N2O5S/c1-2-18-12(15)10-4-5-11(19-10)20(16,17)14-8-3-6-13-7-9-14/h4-5,13H,2-3,6-9H2,1H3. The number of sulfonamides is 1. The van der Waals surface area contributed by atoms with Gasteiger partial charge in [0.2, 0.25) is 10.9 Å². The van der Waals surface area contributed by atoms with Crippen LogP contribution in [0.15, 0.2) is 21.6 Å². The smallest absolute Gasteiger partial charge is 0.374 e. The summed E-state index contributed by atoms with van der Waals surface area (Å²) in [5.74, 6) is -0.759. The molecule has 1 fully saturated rings. The predicted molar refractivity (Wildman–Crippen MR) is 70.9 cm³/mol. The Labute approximate surface area is 117 Å². The molecule has 7 nitrogen and oxygen atoms in total. The van der Waals surface area contributed by atoms with Crippen molar-refractivity contribution in [3.8, 4) is 0 Å². The van der Waals surface area contributed by atoms with Crippen LogP contribution < -0.4 is 5.32 Å². The van der Waals surface area contributed by atoms with E-state index in [1.165, 1.54) is 16.4 Å². The number of hydrogen-bond acceptors (Lipinski definition) is 6. The second-order valence-corrected chi connectivity index (χ2v) is 6.22. The number of esters is 1. The Bertz CT molecular complexity index is 558. The lowest BCUT2D eigenvalue weighted by atomic mass is 10.4. The van der Waals surface area contributed by atoms with Gasteiger partial charge in [0.1, 0.15) is 0 Å². The summed E-state index contributed by atoms with van der Waals surface area (Å²) < 4.78 is 36.0. The molecule has 1 aromatic heterocycles. The normalized spacial score (nSPS) is 17.6. The minimum absolute atomic E-state index is 0.0987. The molecule has 2 heterocycles. The van der Waals surface area contributed by atoms with E-state index in [2.05, 4.69) is 5.32 Å². The molecule has 1 saturated heterocycles. The van der Waals surface area contributed by atoms with Crippen molar-refractivity contribution in [1.29, 1.82) is 0 Å². The van der Waals surface area contributed by atoms with Gasteiger partial charge in [-0.3, -0.25) is 0 Å². The van der Waals surface area contributed by atoms with Crippen LogP contribution >= 0.6 is 0 Å². The number of furan rings is 1. The van der Waals surface area contributed by atoms with Crippen LogP contribution in [0, 0.1) is 0 Å². The highest BCUT2D eigenvalue weighted by Gasteiger charge is 2.29. The molecule has 0 unspecified atom stereocenters. The van der Waals surface area contributed by atoms with Crippen LogP contribution in [0.1, 0.15) is 23.9 Å². The highest BCUT2D eigenvalue weighted by atomic mass is 32.2. The maximum Gasteiger partial charge on any atom is 0.374 e. The number of carbonyl (C=O) groups excluding carboxylic acids is 1. The minimum Gasteiger partial charge on any atom is -0.460 e. The first-order chi connectivity index (χ1) is 9.55. The molecule has 0 saturated carbocycles. The van der Waals surface area contributed by atoms with Gasteiger partial charge in [0.15, 0.2) is 0 Å². The SMILES string of the molecule is CCOC(=O)c1ccc(S(=O)(=O)N2CCCNCC2)o1. The summed E-state index contributed by atoms with van der Waals surface area (Å²) in [5, 5.41) is 2.91. The quantitative estimate of drug-likeness (QED) is 0.812. The molecular formula is C12H18N2O5S. The summed E-state index contributed by atoms with van der Waals surface area (Å²) in [6.07, 6.45) is 0.741. The van der Waals surface area contributed by atoms with Crippen molar-refractivity contribution in [3.63, 3.8) is 0 Å². The van der Waals surface area contributed by atoms with Gasteiger partial charge in [-0.05, 0) is 32.0 Å². The van der Waals surface area contributed by atoms with E-state index in [9.17, 15) is 13.2 Å². The molecule has 0 amide bonds. The molecule has 1 aromatic rings. The van der Waals surface area contributed by atoms with Crippen molar-refractivity contribution < 1.29 is 22.4 Å². The minimum atomic E-state index is -3.69. The first kappa shape index (κ1) is 15.0. The predicted octanol–water partition coefficient (Wildman–Crippen LogP) is 0.440. The summed E-state index contributed by atoms with van der Waals surface area (Å²) in [7, 11) is -3.69. The van der Waals surface area contributed by atoms with Crippen LogP contribution in [0.3, 0.4) is 0 Å². The molecule has 1 aliphatic rings. The molecule has 0 atom stereocenters. The van der Waals surface area contributed by atoms with Crippen molar-refractivity contribution in [3.05, 3.63) is 17.9 Å². The van der Waals surface area contributed by atoms with Gasteiger partial charge in [0, 0.05) is 19.6 Å². The van der Waals surface area contributed by atoms with E-state index in [1.807, 2.05) is 0 Å². The number of ether oxygens (including phenoxy) is 1. The van der Waals surface area contributed by atoms with E-state index >= 15 is 0 Å². The highest BCUT2D eigenvalue weighted by molar-refractivity contribution is 7.89. The molecule has 0 spiro atoms. The zero-order chi connectivity index (χ0) is 14.6. The third-order valence-corrected chi connectivity index (χ3v) is 4.72. The van der Waals surface area contributed by atoms with Crippen LogP contribution in [0.25, 0.3) is 0 Å². The van der Waals surface area contributed by atoms with Gasteiger partial charge in [0.25, 0.3) is 10.0 Å². The van der Waals surface area contributed by atoms with Crippen LogP contribution in [-0.2, 0) is 14.8 Å². The molecule has 0 aliphatic carbocycles. The first-order valence-corrected chi connectivity index (χ1v) is 7.97. The van der Waals surface area contributed by atoms with E-state index in [0.717, 1.165) is 13.0 Å². The summed E-state index contributed by atoms with van der Waals surface area (Å²) in [6.45, 7) is 4.09. The maximum atomic E-state index is 12.4. The van der Waals surface area contributed by atoms with Gasteiger partial charge < -0.3 is 14.5 Å². The Morgan fingerprint density at radius 2 is 2.20 bits per heavy atom. The van der Waals surface area contributed by atoms with Crippen molar-refractivity contribution in [2.45, 2.75) is 18.4 Å². The third-order valence-electron chi connectivity index (χ3n) is 2.95. The molecule has 20 heavy (non-hydrogen) atoms. The van der Waals surface area contributed by atoms with Gasteiger partial charge in [-0.1, -0.05) is 0 Å². The molecule has 1 N–H and O–H groups in total. The van der Waals surface area contributed by atoms with Crippen molar-refractivity contribution >= 4 is 16.0 Å². The van der Waals surface area contributed by atoms with Crippen molar-refractivity contribution in [2.24, 2.45) is 0 Å². The lowest BCUT2D eigenvalue weighted by Gasteiger charge is -2.17. The lowest BCUT2D eigenvalue weighted by molar-refractivity contribution is 0.0483. The zero-order valence-corrected chi connectivity index (χ0v) is 12.1. The fourth-order valence-corrected chi connectivity index (χ4v) is 3.35. The van der Waals surface area contributed by atoms with Gasteiger partial charge in [0.05, 0.1) is 6.61 Å². The monoisotopic (exact) mass is 302 g/mol. The van der Waals surface area contributed by atoms with E-state index < -0.39 is 16.0 Å². The third kappa shape index (κ3) is 3.20. The molecule has 8 heteroatoms.